The molecule has 0 amide bonds. The fourth-order valence-corrected chi connectivity index (χ4v) is 4.14. The molecule has 0 radical (unpaired) electrons. The lowest BCUT2D eigenvalue weighted by molar-refractivity contribution is 0.173. The molecule has 1 aromatic heterocycles. The summed E-state index contributed by atoms with van der Waals surface area (Å²) < 4.78 is 0. The van der Waals surface area contributed by atoms with Crippen molar-refractivity contribution in [3.8, 4) is 0 Å². The van der Waals surface area contributed by atoms with Gasteiger partial charge in [0.1, 0.15) is 0 Å². The normalized spacial score (nSPS) is 31.8. The second kappa shape index (κ2) is 7.37. The summed E-state index contributed by atoms with van der Waals surface area (Å²) in [6.45, 7) is 3.49. The van der Waals surface area contributed by atoms with Crippen molar-refractivity contribution < 1.29 is 0 Å². The van der Waals surface area contributed by atoms with Gasteiger partial charge in [-0.3, -0.25) is 4.98 Å². The van der Waals surface area contributed by atoms with Crippen molar-refractivity contribution in [2.75, 3.05) is 6.54 Å². The summed E-state index contributed by atoms with van der Waals surface area (Å²) in [6.07, 6.45) is 13.5. The Balaban J connectivity index is 1.63. The first-order chi connectivity index (χ1) is 10.3. The van der Waals surface area contributed by atoms with E-state index in [0.29, 0.717) is 12.1 Å². The first-order valence-corrected chi connectivity index (χ1v) is 8.74. The average Bonchev–Trinajstić information content (AvgIpc) is 2.57. The van der Waals surface area contributed by atoms with Gasteiger partial charge in [0.25, 0.3) is 0 Å². The van der Waals surface area contributed by atoms with Crippen LogP contribution in [0.5, 0.6) is 0 Å². The van der Waals surface area contributed by atoms with E-state index in [1.165, 1.54) is 57.1 Å². The molecule has 3 heteroatoms. The highest BCUT2D eigenvalue weighted by Crippen LogP contribution is 2.31. The Morgan fingerprint density at radius 3 is 2.81 bits per heavy atom. The fourth-order valence-electron chi connectivity index (χ4n) is 4.14. The molecule has 0 bridgehead atoms. The number of piperidine rings is 1. The van der Waals surface area contributed by atoms with Crippen LogP contribution in [0.25, 0.3) is 0 Å². The van der Waals surface area contributed by atoms with E-state index >= 15 is 0 Å². The molecule has 2 fully saturated rings. The fraction of sp³-hybridized carbons (Fsp3) is 0.722. The van der Waals surface area contributed by atoms with Crippen LogP contribution in [0.15, 0.2) is 24.5 Å². The summed E-state index contributed by atoms with van der Waals surface area (Å²) in [7, 11) is 0. The molecule has 0 aromatic carbocycles. The number of nitrogens with one attached hydrogen (secondary N) is 2. The molecule has 3 rings (SSSR count). The van der Waals surface area contributed by atoms with Crippen LogP contribution in [-0.4, -0.2) is 23.6 Å². The summed E-state index contributed by atoms with van der Waals surface area (Å²) in [5.41, 5.74) is 1.30. The summed E-state index contributed by atoms with van der Waals surface area (Å²) in [6, 6.07) is 6.01. The lowest BCUT2D eigenvalue weighted by Gasteiger charge is -2.41. The van der Waals surface area contributed by atoms with E-state index in [4.69, 9.17) is 0 Å². The van der Waals surface area contributed by atoms with Gasteiger partial charge in [-0.2, -0.15) is 0 Å². The quantitative estimate of drug-likeness (QED) is 0.891. The zero-order valence-corrected chi connectivity index (χ0v) is 13.2. The van der Waals surface area contributed by atoms with Crippen LogP contribution in [0.1, 0.15) is 63.5 Å². The second-order valence-corrected chi connectivity index (χ2v) is 6.79. The molecule has 4 unspecified atom stereocenters. The molecule has 2 aliphatic rings. The number of hydrogen-bond acceptors (Lipinski definition) is 3. The summed E-state index contributed by atoms with van der Waals surface area (Å²) in [5, 5.41) is 7.68. The molecule has 1 aromatic rings. The Bertz CT molecular complexity index is 414. The Hall–Kier alpha value is -0.930. The standard InChI is InChI=1S/C18H29N3/c1-14(15-7-6-11-19-13-15)21-18-10-3-2-8-16(18)17-9-4-5-12-20-17/h6-7,11,13-14,16-18,20-21H,2-5,8-10,12H2,1H3. The first-order valence-electron chi connectivity index (χ1n) is 8.74. The van der Waals surface area contributed by atoms with Crippen molar-refractivity contribution in [1.82, 2.24) is 15.6 Å². The van der Waals surface area contributed by atoms with Gasteiger partial charge in [-0.05, 0) is 56.7 Å². The monoisotopic (exact) mass is 287 g/mol. The molecule has 21 heavy (non-hydrogen) atoms. The first kappa shape index (κ1) is 15.0. The van der Waals surface area contributed by atoms with E-state index in [9.17, 15) is 0 Å². The number of aromatic nitrogens is 1. The van der Waals surface area contributed by atoms with Gasteiger partial charge < -0.3 is 10.6 Å². The minimum Gasteiger partial charge on any atom is -0.314 e. The smallest absolute Gasteiger partial charge is 0.0315 e. The molecule has 3 nitrogen and oxygen atoms in total. The van der Waals surface area contributed by atoms with Gasteiger partial charge in [-0.25, -0.2) is 0 Å². The Morgan fingerprint density at radius 2 is 2.05 bits per heavy atom. The number of pyridine rings is 1. The predicted molar refractivity (Wildman–Crippen MR) is 87.2 cm³/mol. The molecule has 0 spiro atoms. The molecule has 1 saturated heterocycles. The van der Waals surface area contributed by atoms with Crippen LogP contribution in [0.3, 0.4) is 0 Å². The van der Waals surface area contributed by atoms with E-state index < -0.39 is 0 Å². The molecule has 116 valence electrons. The minimum atomic E-state index is 0.396. The molecule has 2 N–H and O–H groups in total. The van der Waals surface area contributed by atoms with Crippen molar-refractivity contribution in [3.05, 3.63) is 30.1 Å². The molecular weight excluding hydrogens is 258 g/mol. The predicted octanol–water partition coefficient (Wildman–Crippen LogP) is 3.43. The van der Waals surface area contributed by atoms with Crippen LogP contribution < -0.4 is 10.6 Å². The van der Waals surface area contributed by atoms with Gasteiger partial charge in [-0.15, -0.1) is 0 Å². The molecule has 1 aliphatic heterocycles. The zero-order valence-electron chi connectivity index (χ0n) is 13.2. The third-order valence-corrected chi connectivity index (χ3v) is 5.33. The maximum absolute atomic E-state index is 4.26. The van der Waals surface area contributed by atoms with Crippen molar-refractivity contribution >= 4 is 0 Å². The molecule has 2 heterocycles. The zero-order chi connectivity index (χ0) is 14.5. The molecule has 1 aliphatic carbocycles. The topological polar surface area (TPSA) is 37.0 Å². The highest BCUT2D eigenvalue weighted by Gasteiger charge is 2.33. The molecule has 1 saturated carbocycles. The minimum absolute atomic E-state index is 0.396. The summed E-state index contributed by atoms with van der Waals surface area (Å²) in [5.74, 6) is 0.804. The van der Waals surface area contributed by atoms with Crippen LogP contribution >= 0.6 is 0 Å². The Kier molecular flexibility index (Phi) is 5.26. The van der Waals surface area contributed by atoms with Gasteiger partial charge >= 0.3 is 0 Å². The highest BCUT2D eigenvalue weighted by molar-refractivity contribution is 5.13. The Labute approximate surface area is 128 Å². The van der Waals surface area contributed by atoms with Crippen LogP contribution in [0, 0.1) is 5.92 Å². The van der Waals surface area contributed by atoms with E-state index in [-0.39, 0.29) is 0 Å². The maximum atomic E-state index is 4.26. The average molecular weight is 287 g/mol. The number of nitrogens with zero attached hydrogens (tertiary/aromatic N) is 1. The van der Waals surface area contributed by atoms with Gasteiger partial charge in [0.05, 0.1) is 0 Å². The van der Waals surface area contributed by atoms with Gasteiger partial charge in [0.2, 0.25) is 0 Å². The molecular formula is C18H29N3. The van der Waals surface area contributed by atoms with Crippen LogP contribution in [-0.2, 0) is 0 Å². The van der Waals surface area contributed by atoms with Crippen molar-refractivity contribution in [2.24, 2.45) is 5.92 Å². The van der Waals surface area contributed by atoms with Crippen LogP contribution in [0.4, 0.5) is 0 Å². The van der Waals surface area contributed by atoms with Crippen molar-refractivity contribution in [2.45, 2.75) is 70.0 Å². The van der Waals surface area contributed by atoms with Gasteiger partial charge in [0, 0.05) is 30.5 Å². The van der Waals surface area contributed by atoms with Gasteiger partial charge in [0.15, 0.2) is 0 Å². The maximum Gasteiger partial charge on any atom is 0.0315 e. The third-order valence-electron chi connectivity index (χ3n) is 5.33. The van der Waals surface area contributed by atoms with Crippen LogP contribution in [0.2, 0.25) is 0 Å². The summed E-state index contributed by atoms with van der Waals surface area (Å²) in [4.78, 5) is 4.26. The van der Waals surface area contributed by atoms with Gasteiger partial charge in [-0.1, -0.05) is 25.3 Å². The van der Waals surface area contributed by atoms with E-state index in [0.717, 1.165) is 12.0 Å². The number of hydrogen-bond donors (Lipinski definition) is 2. The second-order valence-electron chi connectivity index (χ2n) is 6.79. The highest BCUT2D eigenvalue weighted by atomic mass is 15.0. The third kappa shape index (κ3) is 3.83. The van der Waals surface area contributed by atoms with E-state index in [2.05, 4.69) is 28.6 Å². The molecule has 4 atom stereocenters. The van der Waals surface area contributed by atoms with Crippen molar-refractivity contribution in [3.63, 3.8) is 0 Å². The lowest BCUT2D eigenvalue weighted by Crippen LogP contribution is -2.51. The van der Waals surface area contributed by atoms with E-state index in [1.54, 1.807) is 0 Å². The largest absolute Gasteiger partial charge is 0.314 e. The van der Waals surface area contributed by atoms with Crippen molar-refractivity contribution in [1.29, 1.82) is 0 Å². The SMILES string of the molecule is CC(NC1CCCCC1C1CCCCN1)c1cccnc1. The number of rotatable bonds is 4. The van der Waals surface area contributed by atoms with E-state index in [1.807, 2.05) is 18.5 Å². The lowest BCUT2D eigenvalue weighted by atomic mass is 9.77. The Morgan fingerprint density at radius 1 is 1.19 bits per heavy atom. The summed E-state index contributed by atoms with van der Waals surface area (Å²) >= 11 is 0.